The van der Waals surface area contributed by atoms with Crippen molar-refractivity contribution in [2.75, 3.05) is 0 Å². The summed E-state index contributed by atoms with van der Waals surface area (Å²) in [6.45, 7) is 2.09. The highest BCUT2D eigenvalue weighted by Crippen LogP contribution is 2.28. The second-order valence-electron chi connectivity index (χ2n) is 4.95. The summed E-state index contributed by atoms with van der Waals surface area (Å²) in [5, 5.41) is 0.572. The van der Waals surface area contributed by atoms with E-state index < -0.39 is 5.82 Å². The normalized spacial score (nSPS) is 12.2. The second kappa shape index (κ2) is 7.12. The molecule has 2 nitrogen and oxygen atoms in total. The molecule has 0 spiro atoms. The molecule has 0 aliphatic carbocycles. The first kappa shape index (κ1) is 16.1. The van der Waals surface area contributed by atoms with Crippen LogP contribution in [0.5, 0.6) is 5.75 Å². The van der Waals surface area contributed by atoms with Gasteiger partial charge >= 0.3 is 0 Å². The summed E-state index contributed by atoms with van der Waals surface area (Å²) in [5.74, 6) is 0.0709. The van der Waals surface area contributed by atoms with Gasteiger partial charge in [-0.3, -0.25) is 0 Å². The molecule has 5 heteroatoms. The number of halogens is 3. The Morgan fingerprint density at radius 1 is 1.24 bits per heavy atom. The van der Waals surface area contributed by atoms with E-state index in [9.17, 15) is 4.39 Å². The number of nitrogens with two attached hydrogens (primary N) is 1. The van der Waals surface area contributed by atoms with Gasteiger partial charge in [-0.1, -0.05) is 41.4 Å². The van der Waals surface area contributed by atoms with Gasteiger partial charge in [0.1, 0.15) is 18.2 Å². The molecule has 1 atom stereocenters. The molecule has 0 aliphatic rings. The molecule has 0 bridgehead atoms. The molecule has 0 saturated heterocycles. The van der Waals surface area contributed by atoms with Gasteiger partial charge in [-0.15, -0.1) is 0 Å². The molecule has 112 valence electrons. The van der Waals surface area contributed by atoms with Gasteiger partial charge in [-0.2, -0.15) is 0 Å². The Labute approximate surface area is 133 Å². The molecule has 0 heterocycles. The Hall–Kier alpha value is -1.29. The standard InChI is InChI=1S/C16H16Cl2FNO/c1-10(20)7-11-5-6-15(13(17)8-11)21-9-12-3-2-4-14(19)16(12)18/h2-6,8,10H,7,9,20H2,1H3. The van der Waals surface area contributed by atoms with Crippen LogP contribution in [0.25, 0.3) is 0 Å². The highest BCUT2D eigenvalue weighted by atomic mass is 35.5. The second-order valence-corrected chi connectivity index (χ2v) is 5.73. The Morgan fingerprint density at radius 2 is 2.00 bits per heavy atom. The number of hydrogen-bond donors (Lipinski definition) is 1. The van der Waals surface area contributed by atoms with Gasteiger partial charge in [0, 0.05) is 11.6 Å². The summed E-state index contributed by atoms with van der Waals surface area (Å²) in [6.07, 6.45) is 0.746. The summed E-state index contributed by atoms with van der Waals surface area (Å²) < 4.78 is 18.9. The summed E-state index contributed by atoms with van der Waals surface area (Å²) in [4.78, 5) is 0. The van der Waals surface area contributed by atoms with Crippen LogP contribution in [0.3, 0.4) is 0 Å². The van der Waals surface area contributed by atoms with Crippen molar-refractivity contribution in [3.8, 4) is 5.75 Å². The van der Waals surface area contributed by atoms with Crippen molar-refractivity contribution >= 4 is 23.2 Å². The topological polar surface area (TPSA) is 35.2 Å². The summed E-state index contributed by atoms with van der Waals surface area (Å²) >= 11 is 12.1. The van der Waals surface area contributed by atoms with Crippen LogP contribution in [-0.4, -0.2) is 6.04 Å². The average molecular weight is 328 g/mol. The fraction of sp³-hybridized carbons (Fsp3) is 0.250. The van der Waals surface area contributed by atoms with E-state index in [0.29, 0.717) is 16.3 Å². The molecular formula is C16H16Cl2FNO. The summed E-state index contributed by atoms with van der Waals surface area (Å²) in [6, 6.07) is 10.2. The van der Waals surface area contributed by atoms with Crippen molar-refractivity contribution in [3.63, 3.8) is 0 Å². The summed E-state index contributed by atoms with van der Waals surface area (Å²) in [7, 11) is 0. The minimum Gasteiger partial charge on any atom is -0.487 e. The Kier molecular flexibility index (Phi) is 5.45. The largest absolute Gasteiger partial charge is 0.487 e. The quantitative estimate of drug-likeness (QED) is 0.870. The van der Waals surface area contributed by atoms with Gasteiger partial charge in [0.25, 0.3) is 0 Å². The van der Waals surface area contributed by atoms with Crippen molar-refractivity contribution in [3.05, 3.63) is 63.4 Å². The molecule has 2 N–H and O–H groups in total. The van der Waals surface area contributed by atoms with Crippen molar-refractivity contribution in [1.82, 2.24) is 0 Å². The molecular weight excluding hydrogens is 312 g/mol. The van der Waals surface area contributed by atoms with Crippen LogP contribution in [0.4, 0.5) is 4.39 Å². The molecule has 0 radical (unpaired) electrons. The van der Waals surface area contributed by atoms with Gasteiger partial charge in [0.15, 0.2) is 0 Å². The van der Waals surface area contributed by atoms with E-state index >= 15 is 0 Å². The van der Waals surface area contributed by atoms with Crippen molar-refractivity contribution in [2.45, 2.75) is 26.0 Å². The van der Waals surface area contributed by atoms with E-state index in [0.717, 1.165) is 12.0 Å². The van der Waals surface area contributed by atoms with Crippen molar-refractivity contribution in [2.24, 2.45) is 5.73 Å². The molecule has 1 unspecified atom stereocenters. The highest BCUT2D eigenvalue weighted by molar-refractivity contribution is 6.32. The maximum atomic E-state index is 13.3. The van der Waals surface area contributed by atoms with Crippen LogP contribution in [0, 0.1) is 5.82 Å². The van der Waals surface area contributed by atoms with Crippen LogP contribution in [0.2, 0.25) is 10.0 Å². The zero-order chi connectivity index (χ0) is 15.4. The molecule has 2 aromatic carbocycles. The predicted molar refractivity (Wildman–Crippen MR) is 84.5 cm³/mol. The maximum absolute atomic E-state index is 13.3. The van der Waals surface area contributed by atoms with Crippen LogP contribution in [-0.2, 0) is 13.0 Å². The van der Waals surface area contributed by atoms with E-state index in [-0.39, 0.29) is 17.7 Å². The van der Waals surface area contributed by atoms with E-state index in [1.165, 1.54) is 6.07 Å². The lowest BCUT2D eigenvalue weighted by Crippen LogP contribution is -2.17. The van der Waals surface area contributed by atoms with Crippen molar-refractivity contribution in [1.29, 1.82) is 0 Å². The predicted octanol–water partition coefficient (Wildman–Crippen LogP) is 4.60. The Morgan fingerprint density at radius 3 is 2.67 bits per heavy atom. The molecule has 0 aromatic heterocycles. The zero-order valence-corrected chi connectivity index (χ0v) is 13.1. The summed E-state index contributed by atoms with van der Waals surface area (Å²) in [5.41, 5.74) is 7.38. The number of benzene rings is 2. The maximum Gasteiger partial charge on any atom is 0.142 e. The van der Waals surface area contributed by atoms with Gasteiger partial charge < -0.3 is 10.5 Å². The van der Waals surface area contributed by atoms with E-state index in [4.69, 9.17) is 33.7 Å². The number of ether oxygens (including phenoxy) is 1. The SMILES string of the molecule is CC(N)Cc1ccc(OCc2cccc(F)c2Cl)c(Cl)c1. The van der Waals surface area contributed by atoms with Crippen LogP contribution >= 0.6 is 23.2 Å². The monoisotopic (exact) mass is 327 g/mol. The number of rotatable bonds is 5. The van der Waals surface area contributed by atoms with Crippen LogP contribution in [0.1, 0.15) is 18.1 Å². The lowest BCUT2D eigenvalue weighted by Gasteiger charge is -2.11. The fourth-order valence-electron chi connectivity index (χ4n) is 1.98. The van der Waals surface area contributed by atoms with E-state index in [1.807, 2.05) is 19.1 Å². The molecule has 0 saturated carbocycles. The lowest BCUT2D eigenvalue weighted by molar-refractivity contribution is 0.306. The molecule has 2 rings (SSSR count). The molecule has 0 aliphatic heterocycles. The van der Waals surface area contributed by atoms with E-state index in [2.05, 4.69) is 0 Å². The lowest BCUT2D eigenvalue weighted by atomic mass is 10.1. The fourth-order valence-corrected chi connectivity index (χ4v) is 2.41. The van der Waals surface area contributed by atoms with Crippen LogP contribution in [0.15, 0.2) is 36.4 Å². The van der Waals surface area contributed by atoms with Crippen molar-refractivity contribution < 1.29 is 9.13 Å². The van der Waals surface area contributed by atoms with Crippen LogP contribution < -0.4 is 10.5 Å². The molecule has 21 heavy (non-hydrogen) atoms. The number of hydrogen-bond acceptors (Lipinski definition) is 2. The first-order chi connectivity index (χ1) is 9.97. The minimum absolute atomic E-state index is 0.0685. The Bertz CT molecular complexity index is 632. The molecule has 0 amide bonds. The Balaban J connectivity index is 2.08. The third-order valence-electron chi connectivity index (χ3n) is 2.97. The zero-order valence-electron chi connectivity index (χ0n) is 11.6. The van der Waals surface area contributed by atoms with Gasteiger partial charge in [-0.25, -0.2) is 4.39 Å². The van der Waals surface area contributed by atoms with Gasteiger partial charge in [0.05, 0.1) is 10.0 Å². The third kappa shape index (κ3) is 4.34. The first-order valence-corrected chi connectivity index (χ1v) is 7.32. The van der Waals surface area contributed by atoms with Gasteiger partial charge in [0.2, 0.25) is 0 Å². The minimum atomic E-state index is -0.462. The third-order valence-corrected chi connectivity index (χ3v) is 3.69. The first-order valence-electron chi connectivity index (χ1n) is 6.57. The highest BCUT2D eigenvalue weighted by Gasteiger charge is 2.09. The average Bonchev–Trinajstić information content (AvgIpc) is 2.41. The molecule has 2 aromatic rings. The molecule has 0 fully saturated rings. The van der Waals surface area contributed by atoms with E-state index in [1.54, 1.807) is 18.2 Å². The van der Waals surface area contributed by atoms with Gasteiger partial charge in [-0.05, 0) is 37.1 Å². The smallest absolute Gasteiger partial charge is 0.142 e.